The Bertz CT molecular complexity index is 813. The monoisotopic (exact) mass is 345 g/mol. The van der Waals surface area contributed by atoms with Gasteiger partial charge in [0.2, 0.25) is 0 Å². The van der Waals surface area contributed by atoms with Crippen molar-refractivity contribution in [2.24, 2.45) is 0 Å². The number of hydrogen-bond donors (Lipinski definition) is 0. The molecule has 0 radical (unpaired) electrons. The fraction of sp³-hybridized carbons (Fsp3) is 0.263. The Morgan fingerprint density at radius 2 is 2.00 bits per heavy atom. The number of aryl methyl sites for hydroxylation is 1. The summed E-state index contributed by atoms with van der Waals surface area (Å²) in [5.74, 6) is 0.214. The molecule has 2 aromatic rings. The number of benzene rings is 2. The Hall–Kier alpha value is -2.94. The van der Waals surface area contributed by atoms with E-state index in [4.69, 9.17) is 14.7 Å². The number of carbonyl (C=O) groups is 1. The minimum Gasteiger partial charge on any atom is -0.466 e. The Balaban J connectivity index is 2.29. The van der Waals surface area contributed by atoms with Crippen LogP contribution in [0.15, 0.2) is 36.4 Å². The van der Waals surface area contributed by atoms with Gasteiger partial charge in [-0.1, -0.05) is 12.1 Å². The Labute approximate surface area is 144 Å². The molecule has 0 aliphatic carbocycles. The molecular weight excluding hydrogens is 328 g/mol. The number of carbonyl (C=O) groups excluding carboxylic acids is 1. The summed E-state index contributed by atoms with van der Waals surface area (Å²) >= 11 is 0. The van der Waals surface area contributed by atoms with E-state index in [0.717, 1.165) is 11.6 Å². The summed E-state index contributed by atoms with van der Waals surface area (Å²) in [6.07, 6.45) is -2.61. The Kier molecular flexibility index (Phi) is 6.07. The van der Waals surface area contributed by atoms with E-state index in [0.29, 0.717) is 17.9 Å². The normalized spacial score (nSPS) is 10.4. The molecule has 0 aromatic heterocycles. The predicted molar refractivity (Wildman–Crippen MR) is 87.7 cm³/mol. The Morgan fingerprint density at radius 1 is 1.24 bits per heavy atom. The van der Waals surface area contributed by atoms with Gasteiger partial charge in [0.15, 0.2) is 0 Å². The number of halogens is 2. The smallest absolute Gasteiger partial charge is 0.310 e. The summed E-state index contributed by atoms with van der Waals surface area (Å²) in [5.41, 5.74) is 1.26. The zero-order valence-electron chi connectivity index (χ0n) is 13.9. The minimum atomic E-state index is -2.70. The first kappa shape index (κ1) is 18.4. The van der Waals surface area contributed by atoms with Crippen LogP contribution in [0.2, 0.25) is 0 Å². The van der Waals surface area contributed by atoms with Crippen LogP contribution in [-0.4, -0.2) is 12.6 Å². The fourth-order valence-electron chi connectivity index (χ4n) is 2.24. The topological polar surface area (TPSA) is 59.3 Å². The summed E-state index contributed by atoms with van der Waals surface area (Å²) in [6.45, 7) is 3.82. The second-order valence-electron chi connectivity index (χ2n) is 5.39. The molecule has 0 aliphatic heterocycles. The number of alkyl halides is 2. The maximum absolute atomic E-state index is 12.9. The van der Waals surface area contributed by atoms with Gasteiger partial charge in [-0.2, -0.15) is 5.26 Å². The van der Waals surface area contributed by atoms with Crippen LogP contribution in [0, 0.1) is 18.3 Å². The van der Waals surface area contributed by atoms with Crippen molar-refractivity contribution in [3.8, 4) is 17.6 Å². The Morgan fingerprint density at radius 3 is 2.64 bits per heavy atom. The number of ether oxygens (including phenoxy) is 2. The van der Waals surface area contributed by atoms with E-state index < -0.39 is 6.43 Å². The predicted octanol–water partition coefficient (Wildman–Crippen LogP) is 4.70. The van der Waals surface area contributed by atoms with Crippen LogP contribution in [0.4, 0.5) is 8.78 Å². The van der Waals surface area contributed by atoms with E-state index >= 15 is 0 Å². The lowest BCUT2D eigenvalue weighted by atomic mass is 10.1. The summed E-state index contributed by atoms with van der Waals surface area (Å²) < 4.78 is 36.5. The maximum Gasteiger partial charge on any atom is 0.310 e. The van der Waals surface area contributed by atoms with Gasteiger partial charge in [0.1, 0.15) is 11.5 Å². The molecule has 130 valence electrons. The van der Waals surface area contributed by atoms with Gasteiger partial charge in [0.05, 0.1) is 24.7 Å². The lowest BCUT2D eigenvalue weighted by Gasteiger charge is -2.12. The minimum absolute atomic E-state index is 0.0883. The third-order valence-corrected chi connectivity index (χ3v) is 3.44. The van der Waals surface area contributed by atoms with E-state index in [1.165, 1.54) is 12.1 Å². The van der Waals surface area contributed by atoms with Gasteiger partial charge in [-0.05, 0) is 49.2 Å². The first-order valence-corrected chi connectivity index (χ1v) is 7.69. The molecule has 0 amide bonds. The third kappa shape index (κ3) is 5.01. The first-order chi connectivity index (χ1) is 11.9. The van der Waals surface area contributed by atoms with E-state index in [9.17, 15) is 13.6 Å². The van der Waals surface area contributed by atoms with Gasteiger partial charge in [-0.3, -0.25) is 4.79 Å². The second-order valence-corrected chi connectivity index (χ2v) is 5.39. The highest BCUT2D eigenvalue weighted by atomic mass is 19.3. The highest BCUT2D eigenvalue weighted by Crippen LogP contribution is 2.30. The lowest BCUT2D eigenvalue weighted by molar-refractivity contribution is -0.142. The summed E-state index contributed by atoms with van der Waals surface area (Å²) in [6, 6.07) is 10.8. The van der Waals surface area contributed by atoms with Gasteiger partial charge in [-0.15, -0.1) is 0 Å². The van der Waals surface area contributed by atoms with Crippen molar-refractivity contribution in [3.05, 3.63) is 58.7 Å². The summed E-state index contributed by atoms with van der Waals surface area (Å²) in [5, 5.41) is 8.98. The number of nitriles is 1. The van der Waals surface area contributed by atoms with E-state index in [1.807, 2.05) is 6.07 Å². The van der Waals surface area contributed by atoms with Crippen LogP contribution in [0.3, 0.4) is 0 Å². The number of nitrogens with zero attached hydrogens (tertiary/aromatic N) is 1. The van der Waals surface area contributed by atoms with E-state index in [-0.39, 0.29) is 29.3 Å². The van der Waals surface area contributed by atoms with Crippen molar-refractivity contribution in [3.63, 3.8) is 0 Å². The van der Waals surface area contributed by atoms with E-state index in [1.54, 1.807) is 32.0 Å². The van der Waals surface area contributed by atoms with Gasteiger partial charge >= 0.3 is 5.97 Å². The largest absolute Gasteiger partial charge is 0.466 e. The van der Waals surface area contributed by atoms with Crippen molar-refractivity contribution >= 4 is 5.97 Å². The molecule has 0 unspecified atom stereocenters. The molecule has 0 N–H and O–H groups in total. The van der Waals surface area contributed by atoms with Crippen molar-refractivity contribution in [1.29, 1.82) is 5.26 Å². The van der Waals surface area contributed by atoms with Crippen molar-refractivity contribution in [2.45, 2.75) is 26.7 Å². The number of rotatable bonds is 6. The molecule has 0 saturated heterocycles. The SMILES string of the molecule is CCOC(=O)Cc1ccc(C)c(Oc2cc(C#N)cc(C(F)F)c2)c1. The molecule has 0 heterocycles. The fourth-order valence-corrected chi connectivity index (χ4v) is 2.24. The van der Waals surface area contributed by atoms with Gasteiger partial charge in [0.25, 0.3) is 6.43 Å². The van der Waals surface area contributed by atoms with Gasteiger partial charge < -0.3 is 9.47 Å². The van der Waals surface area contributed by atoms with E-state index in [2.05, 4.69) is 0 Å². The number of hydrogen-bond acceptors (Lipinski definition) is 4. The average molecular weight is 345 g/mol. The first-order valence-electron chi connectivity index (χ1n) is 7.69. The molecular formula is C19H17F2NO3. The second kappa shape index (κ2) is 8.25. The van der Waals surface area contributed by atoms with Crippen LogP contribution in [0.5, 0.6) is 11.5 Å². The molecule has 4 nitrogen and oxygen atoms in total. The molecule has 0 atom stereocenters. The highest BCUT2D eigenvalue weighted by molar-refractivity contribution is 5.72. The van der Waals surface area contributed by atoms with Crippen molar-refractivity contribution in [2.75, 3.05) is 6.61 Å². The quantitative estimate of drug-likeness (QED) is 0.712. The van der Waals surface area contributed by atoms with Gasteiger partial charge in [-0.25, -0.2) is 8.78 Å². The summed E-state index contributed by atoms with van der Waals surface area (Å²) in [7, 11) is 0. The molecule has 0 aliphatic rings. The van der Waals surface area contributed by atoms with Crippen molar-refractivity contribution < 1.29 is 23.0 Å². The van der Waals surface area contributed by atoms with Crippen LogP contribution >= 0.6 is 0 Å². The maximum atomic E-state index is 12.9. The molecule has 0 saturated carbocycles. The summed E-state index contributed by atoms with van der Waals surface area (Å²) in [4.78, 5) is 11.6. The number of esters is 1. The standard InChI is InChI=1S/C19H17F2NO3/c1-3-24-18(23)9-13-5-4-12(2)17(8-13)25-16-7-14(11-22)6-15(10-16)19(20)21/h4-8,10,19H,3,9H2,1-2H3. The average Bonchev–Trinajstić information content (AvgIpc) is 2.57. The molecule has 6 heteroatoms. The molecule has 2 aromatic carbocycles. The van der Waals surface area contributed by atoms with Crippen molar-refractivity contribution in [1.82, 2.24) is 0 Å². The van der Waals surface area contributed by atoms with Crippen LogP contribution in [0.25, 0.3) is 0 Å². The molecule has 0 spiro atoms. The third-order valence-electron chi connectivity index (χ3n) is 3.44. The van der Waals surface area contributed by atoms with Gasteiger partial charge in [0, 0.05) is 5.56 Å². The van der Waals surface area contributed by atoms with Crippen LogP contribution < -0.4 is 4.74 Å². The molecule has 0 fully saturated rings. The molecule has 0 bridgehead atoms. The highest BCUT2D eigenvalue weighted by Gasteiger charge is 2.13. The molecule has 25 heavy (non-hydrogen) atoms. The zero-order valence-corrected chi connectivity index (χ0v) is 13.9. The van der Waals surface area contributed by atoms with Crippen LogP contribution in [0.1, 0.15) is 35.6 Å². The zero-order chi connectivity index (χ0) is 18.4. The van der Waals surface area contributed by atoms with Crippen LogP contribution in [-0.2, 0) is 16.0 Å². The molecule has 2 rings (SSSR count). The lowest BCUT2D eigenvalue weighted by Crippen LogP contribution is -2.07.